The number of carbonyl (C=O) groups excluding carboxylic acids is 1. The molecule has 0 aromatic heterocycles. The van der Waals surface area contributed by atoms with Crippen LogP contribution in [-0.4, -0.2) is 53.1 Å². The third-order valence-electron chi connectivity index (χ3n) is 3.58. The van der Waals surface area contributed by atoms with Crippen LogP contribution in [0.5, 0.6) is 5.75 Å². The van der Waals surface area contributed by atoms with Crippen LogP contribution in [0.15, 0.2) is 18.2 Å². The van der Waals surface area contributed by atoms with E-state index in [4.69, 9.17) is 21.4 Å². The molecule has 120 valence electrons. The Bertz CT molecular complexity index is 566. The number of hydrogen-bond acceptors (Lipinski definition) is 4. The minimum absolute atomic E-state index is 0.0294. The number of ether oxygens (including phenoxy) is 1. The third kappa shape index (κ3) is 4.08. The van der Waals surface area contributed by atoms with Gasteiger partial charge in [0.15, 0.2) is 0 Å². The van der Waals surface area contributed by atoms with E-state index in [1.54, 1.807) is 34.9 Å². The highest BCUT2D eigenvalue weighted by atomic mass is 35.5. The van der Waals surface area contributed by atoms with Crippen LogP contribution in [-0.2, 0) is 16.0 Å². The van der Waals surface area contributed by atoms with Crippen molar-refractivity contribution in [2.45, 2.75) is 18.9 Å². The lowest BCUT2D eigenvalue weighted by molar-refractivity contribution is -0.140. The topological polar surface area (TPSA) is 66.8 Å². The lowest BCUT2D eigenvalue weighted by Gasteiger charge is -2.35. The molecular formula is C15H18ClNO4S. The molecule has 1 aromatic rings. The normalized spacial score (nSPS) is 18.1. The summed E-state index contributed by atoms with van der Waals surface area (Å²) >= 11 is 7.84. The van der Waals surface area contributed by atoms with Crippen LogP contribution in [0.3, 0.4) is 0 Å². The molecule has 0 spiro atoms. The van der Waals surface area contributed by atoms with Crippen LogP contribution >= 0.6 is 23.4 Å². The molecular weight excluding hydrogens is 326 g/mol. The minimum atomic E-state index is -0.888. The second-order valence-electron chi connectivity index (χ2n) is 5.01. The van der Waals surface area contributed by atoms with Crippen LogP contribution in [0.1, 0.15) is 12.0 Å². The van der Waals surface area contributed by atoms with E-state index in [-0.39, 0.29) is 24.8 Å². The molecule has 7 heteroatoms. The smallest absolute Gasteiger partial charge is 0.305 e. The molecule has 0 aliphatic carbocycles. The number of nitrogens with zero attached hydrogens (tertiary/aromatic N) is 1. The SMILES string of the molecule is COc1cccc(Cl)c1CC(=O)N1CCSCC1CC(=O)O. The molecule has 22 heavy (non-hydrogen) atoms. The highest BCUT2D eigenvalue weighted by molar-refractivity contribution is 7.99. The number of aliphatic carboxylic acids is 1. The molecule has 1 heterocycles. The summed E-state index contributed by atoms with van der Waals surface area (Å²) in [6.45, 7) is 0.564. The van der Waals surface area contributed by atoms with E-state index in [0.717, 1.165) is 5.75 Å². The average molecular weight is 344 g/mol. The molecule has 1 unspecified atom stereocenters. The number of thioether (sulfide) groups is 1. The molecule has 1 aromatic carbocycles. The van der Waals surface area contributed by atoms with Gasteiger partial charge in [-0.1, -0.05) is 17.7 Å². The Morgan fingerprint density at radius 1 is 1.50 bits per heavy atom. The third-order valence-corrected chi connectivity index (χ3v) is 5.03. The van der Waals surface area contributed by atoms with E-state index in [9.17, 15) is 9.59 Å². The second kappa shape index (κ2) is 7.74. The number of carboxylic acids is 1. The summed E-state index contributed by atoms with van der Waals surface area (Å²) in [5.41, 5.74) is 0.643. The number of benzene rings is 1. The van der Waals surface area contributed by atoms with Gasteiger partial charge in [-0.3, -0.25) is 9.59 Å². The van der Waals surface area contributed by atoms with Crippen molar-refractivity contribution in [3.63, 3.8) is 0 Å². The second-order valence-corrected chi connectivity index (χ2v) is 6.57. The average Bonchev–Trinajstić information content (AvgIpc) is 2.49. The molecule has 5 nitrogen and oxygen atoms in total. The summed E-state index contributed by atoms with van der Waals surface area (Å²) in [4.78, 5) is 25.2. The van der Waals surface area contributed by atoms with Gasteiger partial charge in [0.25, 0.3) is 0 Å². The van der Waals surface area contributed by atoms with Gasteiger partial charge in [-0.05, 0) is 12.1 Å². The summed E-state index contributed by atoms with van der Waals surface area (Å²) in [7, 11) is 1.53. The van der Waals surface area contributed by atoms with E-state index in [1.807, 2.05) is 0 Å². The molecule has 1 saturated heterocycles. The van der Waals surface area contributed by atoms with Crippen LogP contribution in [0.2, 0.25) is 5.02 Å². The van der Waals surface area contributed by atoms with E-state index >= 15 is 0 Å². The summed E-state index contributed by atoms with van der Waals surface area (Å²) in [6, 6.07) is 4.97. The Morgan fingerprint density at radius 3 is 2.95 bits per heavy atom. The van der Waals surface area contributed by atoms with Gasteiger partial charge in [0.1, 0.15) is 5.75 Å². The molecule has 1 N–H and O–H groups in total. The number of hydrogen-bond donors (Lipinski definition) is 1. The van der Waals surface area contributed by atoms with Crippen LogP contribution < -0.4 is 4.74 Å². The fraction of sp³-hybridized carbons (Fsp3) is 0.467. The van der Waals surface area contributed by atoms with Crippen LogP contribution in [0.25, 0.3) is 0 Å². The molecule has 2 rings (SSSR count). The van der Waals surface area contributed by atoms with Gasteiger partial charge < -0.3 is 14.7 Å². The Hall–Kier alpha value is -1.40. The standard InChI is InChI=1S/C15H18ClNO4S/c1-21-13-4-2-3-12(16)11(13)8-14(18)17-5-6-22-9-10(17)7-15(19)20/h2-4,10H,5-9H2,1H3,(H,19,20). The first-order valence-corrected chi connectivity index (χ1v) is 8.46. The Labute approximate surface area is 138 Å². The van der Waals surface area contributed by atoms with Crippen molar-refractivity contribution in [1.29, 1.82) is 0 Å². The van der Waals surface area contributed by atoms with Gasteiger partial charge in [-0.15, -0.1) is 0 Å². The first-order chi connectivity index (χ1) is 10.5. The molecule has 1 amide bonds. The van der Waals surface area contributed by atoms with Gasteiger partial charge in [-0.2, -0.15) is 11.8 Å². The van der Waals surface area contributed by atoms with Crippen molar-refractivity contribution in [2.24, 2.45) is 0 Å². The maximum atomic E-state index is 12.6. The van der Waals surface area contributed by atoms with Crippen molar-refractivity contribution in [3.8, 4) is 5.75 Å². The van der Waals surface area contributed by atoms with Crippen LogP contribution in [0, 0.1) is 0 Å². The fourth-order valence-corrected chi connectivity index (χ4v) is 3.80. The summed E-state index contributed by atoms with van der Waals surface area (Å²) in [5, 5.41) is 9.47. The number of carbonyl (C=O) groups is 2. The quantitative estimate of drug-likeness (QED) is 0.888. The Morgan fingerprint density at radius 2 is 2.27 bits per heavy atom. The predicted molar refractivity (Wildman–Crippen MR) is 86.8 cm³/mol. The van der Waals surface area contributed by atoms with Gasteiger partial charge in [0.05, 0.1) is 26.0 Å². The van der Waals surface area contributed by atoms with E-state index in [0.29, 0.717) is 28.6 Å². The van der Waals surface area contributed by atoms with Gasteiger partial charge in [-0.25, -0.2) is 0 Å². The van der Waals surface area contributed by atoms with Gasteiger partial charge >= 0.3 is 5.97 Å². The molecule has 1 aliphatic heterocycles. The molecule has 0 radical (unpaired) electrons. The summed E-state index contributed by atoms with van der Waals surface area (Å²) in [6.07, 6.45) is 0.0853. The molecule has 0 saturated carbocycles. The maximum absolute atomic E-state index is 12.6. The van der Waals surface area contributed by atoms with Gasteiger partial charge in [0, 0.05) is 28.6 Å². The van der Waals surface area contributed by atoms with E-state index in [2.05, 4.69) is 0 Å². The van der Waals surface area contributed by atoms with Crippen molar-refractivity contribution in [3.05, 3.63) is 28.8 Å². The number of amides is 1. The van der Waals surface area contributed by atoms with Crippen LogP contribution in [0.4, 0.5) is 0 Å². The fourth-order valence-electron chi connectivity index (χ4n) is 2.51. The monoisotopic (exact) mass is 343 g/mol. The number of methoxy groups -OCH3 is 1. The van der Waals surface area contributed by atoms with Crippen molar-refractivity contribution < 1.29 is 19.4 Å². The molecule has 1 atom stereocenters. The lowest BCUT2D eigenvalue weighted by Crippen LogP contribution is -2.47. The zero-order valence-corrected chi connectivity index (χ0v) is 13.8. The number of halogens is 1. The molecule has 1 aliphatic rings. The minimum Gasteiger partial charge on any atom is -0.496 e. The largest absolute Gasteiger partial charge is 0.496 e. The number of carboxylic acid groups (broad SMARTS) is 1. The maximum Gasteiger partial charge on any atom is 0.305 e. The highest BCUT2D eigenvalue weighted by Gasteiger charge is 2.29. The van der Waals surface area contributed by atoms with Crippen molar-refractivity contribution in [2.75, 3.05) is 25.2 Å². The zero-order valence-electron chi connectivity index (χ0n) is 12.3. The van der Waals surface area contributed by atoms with Crippen molar-refractivity contribution in [1.82, 2.24) is 4.90 Å². The Kier molecular flexibility index (Phi) is 5.97. The van der Waals surface area contributed by atoms with E-state index < -0.39 is 5.97 Å². The summed E-state index contributed by atoms with van der Waals surface area (Å²) in [5.74, 6) is 1.04. The molecule has 1 fully saturated rings. The van der Waals surface area contributed by atoms with E-state index in [1.165, 1.54) is 7.11 Å². The Balaban J connectivity index is 2.15. The highest BCUT2D eigenvalue weighted by Crippen LogP contribution is 2.28. The predicted octanol–water partition coefficient (Wildman–Crippen LogP) is 2.31. The summed E-state index contributed by atoms with van der Waals surface area (Å²) < 4.78 is 5.25. The molecule has 0 bridgehead atoms. The first-order valence-electron chi connectivity index (χ1n) is 6.93. The first kappa shape index (κ1) is 17.0. The number of rotatable bonds is 5. The van der Waals surface area contributed by atoms with Gasteiger partial charge in [0.2, 0.25) is 5.91 Å². The van der Waals surface area contributed by atoms with Crippen molar-refractivity contribution >= 4 is 35.2 Å². The lowest BCUT2D eigenvalue weighted by atomic mass is 10.1. The zero-order chi connectivity index (χ0) is 16.1.